The first kappa shape index (κ1) is 14.7. The van der Waals surface area contributed by atoms with Crippen molar-refractivity contribution in [3.05, 3.63) is 29.3 Å². The number of oxime groups is 1. The molecule has 0 aromatic heterocycles. The molecular formula is C15H23N3O2. The van der Waals surface area contributed by atoms with Gasteiger partial charge in [-0.3, -0.25) is 0 Å². The Labute approximate surface area is 119 Å². The summed E-state index contributed by atoms with van der Waals surface area (Å²) in [6.45, 7) is 3.07. The predicted octanol–water partition coefficient (Wildman–Crippen LogP) is 2.07. The molecule has 1 aromatic rings. The third-order valence-electron chi connectivity index (χ3n) is 4.08. The van der Waals surface area contributed by atoms with E-state index >= 15 is 0 Å². The van der Waals surface area contributed by atoms with Gasteiger partial charge < -0.3 is 21.0 Å². The van der Waals surface area contributed by atoms with Crippen LogP contribution >= 0.6 is 0 Å². The molecule has 0 saturated heterocycles. The van der Waals surface area contributed by atoms with E-state index in [0.29, 0.717) is 17.4 Å². The second-order valence-electron chi connectivity index (χ2n) is 5.42. The second-order valence-corrected chi connectivity index (χ2v) is 5.42. The van der Waals surface area contributed by atoms with Crippen molar-refractivity contribution in [3.8, 4) is 5.75 Å². The minimum absolute atomic E-state index is 0.0675. The second kappa shape index (κ2) is 6.61. The zero-order valence-corrected chi connectivity index (χ0v) is 12.1. The predicted molar refractivity (Wildman–Crippen MR) is 79.1 cm³/mol. The average molecular weight is 277 g/mol. The summed E-state index contributed by atoms with van der Waals surface area (Å²) < 4.78 is 5.23. The maximum absolute atomic E-state index is 8.83. The summed E-state index contributed by atoms with van der Waals surface area (Å²) in [4.78, 5) is 0. The van der Waals surface area contributed by atoms with Gasteiger partial charge in [0.25, 0.3) is 0 Å². The standard InChI is InChI=1S/C15H23N3O2/c1-10-4-3-5-13(10)17-9-11-6-7-14(20-2)12(8-11)15(16)18-19/h6-8,10,13,17,19H,3-5,9H2,1-2H3,(H2,16,18). The fourth-order valence-electron chi connectivity index (χ4n) is 2.82. The van der Waals surface area contributed by atoms with Gasteiger partial charge in [0, 0.05) is 12.6 Å². The number of nitrogens with two attached hydrogens (primary N) is 1. The van der Waals surface area contributed by atoms with Crippen molar-refractivity contribution in [3.63, 3.8) is 0 Å². The molecule has 1 aliphatic carbocycles. The Bertz CT molecular complexity index is 488. The average Bonchev–Trinajstić information content (AvgIpc) is 2.89. The van der Waals surface area contributed by atoms with Crippen LogP contribution in [0.5, 0.6) is 5.75 Å². The van der Waals surface area contributed by atoms with Crippen LogP contribution in [-0.2, 0) is 6.54 Å². The molecule has 2 rings (SSSR count). The maximum atomic E-state index is 8.83. The molecule has 0 aliphatic heterocycles. The van der Waals surface area contributed by atoms with E-state index in [-0.39, 0.29) is 5.84 Å². The van der Waals surface area contributed by atoms with E-state index in [2.05, 4.69) is 17.4 Å². The van der Waals surface area contributed by atoms with Crippen molar-refractivity contribution in [1.29, 1.82) is 0 Å². The number of amidine groups is 1. The van der Waals surface area contributed by atoms with E-state index in [1.165, 1.54) is 19.3 Å². The highest BCUT2D eigenvalue weighted by Gasteiger charge is 2.22. The topological polar surface area (TPSA) is 79.9 Å². The molecule has 5 nitrogen and oxygen atoms in total. The van der Waals surface area contributed by atoms with Crippen molar-refractivity contribution >= 4 is 5.84 Å². The van der Waals surface area contributed by atoms with E-state index in [1.54, 1.807) is 7.11 Å². The Morgan fingerprint density at radius 2 is 2.30 bits per heavy atom. The van der Waals surface area contributed by atoms with Crippen LogP contribution in [0.3, 0.4) is 0 Å². The van der Waals surface area contributed by atoms with Crippen LogP contribution in [0.15, 0.2) is 23.4 Å². The normalized spacial score (nSPS) is 23.0. The third kappa shape index (κ3) is 3.22. The van der Waals surface area contributed by atoms with Gasteiger partial charge in [-0.1, -0.05) is 24.6 Å². The molecule has 0 bridgehead atoms. The zero-order valence-electron chi connectivity index (χ0n) is 12.1. The summed E-state index contributed by atoms with van der Waals surface area (Å²) in [5, 5.41) is 15.5. The third-order valence-corrected chi connectivity index (χ3v) is 4.08. The minimum atomic E-state index is 0.0675. The zero-order chi connectivity index (χ0) is 14.5. The molecule has 5 heteroatoms. The number of nitrogens with one attached hydrogen (secondary N) is 1. The highest BCUT2D eigenvalue weighted by atomic mass is 16.5. The summed E-state index contributed by atoms with van der Waals surface area (Å²) in [5.74, 6) is 1.41. The molecule has 1 aliphatic rings. The molecule has 0 spiro atoms. The molecule has 1 fully saturated rings. The molecule has 2 atom stereocenters. The van der Waals surface area contributed by atoms with Crippen LogP contribution in [-0.4, -0.2) is 24.2 Å². The van der Waals surface area contributed by atoms with Crippen molar-refractivity contribution in [1.82, 2.24) is 5.32 Å². The molecule has 1 aromatic carbocycles. The number of benzene rings is 1. The monoisotopic (exact) mass is 277 g/mol. The number of hydrogen-bond donors (Lipinski definition) is 3. The first-order valence-electron chi connectivity index (χ1n) is 7.04. The fraction of sp³-hybridized carbons (Fsp3) is 0.533. The maximum Gasteiger partial charge on any atom is 0.173 e. The van der Waals surface area contributed by atoms with Crippen molar-refractivity contribution < 1.29 is 9.94 Å². The van der Waals surface area contributed by atoms with Gasteiger partial charge in [-0.15, -0.1) is 0 Å². The van der Waals surface area contributed by atoms with Crippen LogP contribution in [0.25, 0.3) is 0 Å². The van der Waals surface area contributed by atoms with Gasteiger partial charge in [0.2, 0.25) is 0 Å². The van der Waals surface area contributed by atoms with Crippen LogP contribution in [0, 0.1) is 5.92 Å². The summed E-state index contributed by atoms with van der Waals surface area (Å²) in [7, 11) is 1.57. The molecule has 20 heavy (non-hydrogen) atoms. The van der Waals surface area contributed by atoms with E-state index < -0.39 is 0 Å². The summed E-state index contributed by atoms with van der Waals surface area (Å²) in [6, 6.07) is 6.34. The highest BCUT2D eigenvalue weighted by molar-refractivity contribution is 5.99. The van der Waals surface area contributed by atoms with Crippen LogP contribution in [0.1, 0.15) is 37.3 Å². The van der Waals surface area contributed by atoms with E-state index in [9.17, 15) is 0 Å². The van der Waals surface area contributed by atoms with Gasteiger partial charge in [0.15, 0.2) is 5.84 Å². The summed E-state index contributed by atoms with van der Waals surface area (Å²) in [5.41, 5.74) is 7.40. The number of nitrogens with zero attached hydrogens (tertiary/aromatic N) is 1. The fourth-order valence-corrected chi connectivity index (χ4v) is 2.82. The van der Waals surface area contributed by atoms with Crippen molar-refractivity contribution in [2.75, 3.05) is 7.11 Å². The Kier molecular flexibility index (Phi) is 4.84. The molecule has 0 heterocycles. The smallest absolute Gasteiger partial charge is 0.173 e. The van der Waals surface area contributed by atoms with Crippen molar-refractivity contribution in [2.24, 2.45) is 16.8 Å². The minimum Gasteiger partial charge on any atom is -0.496 e. The van der Waals surface area contributed by atoms with Crippen molar-refractivity contribution in [2.45, 2.75) is 38.8 Å². The van der Waals surface area contributed by atoms with Gasteiger partial charge in [-0.2, -0.15) is 0 Å². The van der Waals surface area contributed by atoms with Crippen LogP contribution < -0.4 is 15.8 Å². The van der Waals surface area contributed by atoms with Gasteiger partial charge in [0.1, 0.15) is 5.75 Å². The highest BCUT2D eigenvalue weighted by Crippen LogP contribution is 2.25. The van der Waals surface area contributed by atoms with E-state index in [0.717, 1.165) is 18.0 Å². The lowest BCUT2D eigenvalue weighted by Crippen LogP contribution is -2.30. The SMILES string of the molecule is COc1ccc(CNC2CCCC2C)cc1C(N)=NO. The Morgan fingerprint density at radius 1 is 1.50 bits per heavy atom. The molecule has 4 N–H and O–H groups in total. The molecule has 2 unspecified atom stereocenters. The summed E-state index contributed by atoms with van der Waals surface area (Å²) in [6.07, 6.45) is 3.84. The molecule has 110 valence electrons. The van der Waals surface area contributed by atoms with Crippen LogP contribution in [0.2, 0.25) is 0 Å². The largest absolute Gasteiger partial charge is 0.496 e. The quantitative estimate of drug-likeness (QED) is 0.333. The first-order chi connectivity index (χ1) is 9.65. The molecular weight excluding hydrogens is 254 g/mol. The Morgan fingerprint density at radius 3 is 2.90 bits per heavy atom. The number of rotatable bonds is 5. The number of hydrogen-bond acceptors (Lipinski definition) is 4. The van der Waals surface area contributed by atoms with Crippen LogP contribution in [0.4, 0.5) is 0 Å². The lowest BCUT2D eigenvalue weighted by Gasteiger charge is -2.18. The number of ether oxygens (including phenoxy) is 1. The molecule has 0 radical (unpaired) electrons. The number of methoxy groups -OCH3 is 1. The summed E-state index contributed by atoms with van der Waals surface area (Å²) >= 11 is 0. The first-order valence-corrected chi connectivity index (χ1v) is 7.04. The lowest BCUT2D eigenvalue weighted by molar-refractivity contribution is 0.318. The lowest BCUT2D eigenvalue weighted by atomic mass is 10.0. The van der Waals surface area contributed by atoms with Gasteiger partial charge in [0.05, 0.1) is 12.7 Å². The Hall–Kier alpha value is -1.75. The van der Waals surface area contributed by atoms with Gasteiger partial charge in [-0.25, -0.2) is 0 Å². The van der Waals surface area contributed by atoms with E-state index in [4.69, 9.17) is 15.7 Å². The van der Waals surface area contributed by atoms with Gasteiger partial charge >= 0.3 is 0 Å². The Balaban J connectivity index is 2.08. The molecule has 1 saturated carbocycles. The molecule has 0 amide bonds. The van der Waals surface area contributed by atoms with Gasteiger partial charge in [-0.05, 0) is 36.5 Å². The van der Waals surface area contributed by atoms with E-state index in [1.807, 2.05) is 18.2 Å².